The monoisotopic (exact) mass is 581 g/mol. The van der Waals surface area contributed by atoms with Gasteiger partial charge in [0.2, 0.25) is 10.0 Å². The molecular formula is C29H35N5O6S. The fraction of sp³-hybridized carbons (Fsp3) is 0.414. The van der Waals surface area contributed by atoms with Crippen molar-refractivity contribution in [3.63, 3.8) is 0 Å². The van der Waals surface area contributed by atoms with Gasteiger partial charge in [0.15, 0.2) is 5.69 Å². The number of hydrogen-bond acceptors (Lipinski definition) is 6. The van der Waals surface area contributed by atoms with Gasteiger partial charge in [-0.2, -0.15) is 4.31 Å². The van der Waals surface area contributed by atoms with E-state index in [2.05, 4.69) is 4.98 Å². The number of piperazine rings is 1. The zero-order valence-corrected chi connectivity index (χ0v) is 23.8. The van der Waals surface area contributed by atoms with Gasteiger partial charge < -0.3 is 24.6 Å². The van der Waals surface area contributed by atoms with E-state index >= 15 is 0 Å². The van der Waals surface area contributed by atoms with Crippen LogP contribution < -0.4 is 0 Å². The maximum atomic E-state index is 14.2. The molecule has 3 heterocycles. The largest absolute Gasteiger partial charge is 0.465 e. The standard InChI is InChI=1S/C29H35N5O6S/c1-41(39,40)33-14-8-13-29(38,20-33)19-32-21-30-25(26(32)23-11-6-3-7-12-23)27(35)34-16-15-31(28(36)37)18-24(34)17-22-9-4-2-5-10-22/h2-7,9-12,21,24,38H,8,13-20H2,1H3,(H,36,37)/t24-,29?/m1/s1. The average Bonchev–Trinajstić information content (AvgIpc) is 3.36. The second-order valence-corrected chi connectivity index (χ2v) is 12.9. The van der Waals surface area contributed by atoms with Crippen LogP contribution in [-0.2, 0) is 23.0 Å². The van der Waals surface area contributed by atoms with E-state index in [0.29, 0.717) is 31.5 Å². The minimum Gasteiger partial charge on any atom is -0.465 e. The number of hydrogen-bond donors (Lipinski definition) is 2. The Morgan fingerprint density at radius 1 is 1.02 bits per heavy atom. The molecule has 2 fully saturated rings. The third-order valence-corrected chi connectivity index (χ3v) is 9.12. The summed E-state index contributed by atoms with van der Waals surface area (Å²) in [6.07, 6.45) is 3.04. The van der Waals surface area contributed by atoms with Crippen molar-refractivity contribution in [1.82, 2.24) is 23.7 Å². The molecule has 218 valence electrons. The van der Waals surface area contributed by atoms with Gasteiger partial charge >= 0.3 is 6.09 Å². The van der Waals surface area contributed by atoms with E-state index in [1.54, 1.807) is 9.47 Å². The summed E-state index contributed by atoms with van der Waals surface area (Å²) in [6, 6.07) is 18.5. The van der Waals surface area contributed by atoms with Crippen LogP contribution in [-0.4, -0.2) is 105 Å². The summed E-state index contributed by atoms with van der Waals surface area (Å²) in [5, 5.41) is 21.2. The van der Waals surface area contributed by atoms with Gasteiger partial charge in [0.1, 0.15) is 0 Å². The molecule has 0 spiro atoms. The molecule has 11 nitrogen and oxygen atoms in total. The van der Waals surface area contributed by atoms with Gasteiger partial charge in [-0.1, -0.05) is 60.7 Å². The number of carbonyl (C=O) groups is 2. The number of amides is 2. The van der Waals surface area contributed by atoms with E-state index < -0.39 is 27.8 Å². The van der Waals surface area contributed by atoms with Crippen molar-refractivity contribution in [1.29, 1.82) is 0 Å². The number of piperidine rings is 1. The SMILES string of the molecule is CS(=O)(=O)N1CCCC(O)(Cn2cnc(C(=O)N3CCN(C(=O)O)C[C@H]3Cc3ccccc3)c2-c2ccccc2)C1. The molecule has 2 atom stereocenters. The highest BCUT2D eigenvalue weighted by Gasteiger charge is 2.39. The third kappa shape index (κ3) is 6.45. The number of benzene rings is 2. The molecule has 1 unspecified atom stereocenters. The Labute approximate surface area is 239 Å². The Kier molecular flexibility index (Phi) is 8.16. The van der Waals surface area contributed by atoms with Gasteiger partial charge in [-0.05, 0) is 24.8 Å². The number of rotatable bonds is 7. The lowest BCUT2D eigenvalue weighted by Crippen LogP contribution is -2.57. The van der Waals surface area contributed by atoms with Crippen LogP contribution in [0, 0.1) is 0 Å². The molecule has 0 bridgehead atoms. The van der Waals surface area contributed by atoms with Crippen molar-refractivity contribution in [2.24, 2.45) is 0 Å². The number of carbonyl (C=O) groups excluding carboxylic acids is 1. The summed E-state index contributed by atoms with van der Waals surface area (Å²) in [6.45, 7) is 0.956. The number of imidazole rings is 1. The van der Waals surface area contributed by atoms with E-state index in [4.69, 9.17) is 0 Å². The zero-order valence-electron chi connectivity index (χ0n) is 23.0. The molecule has 5 rings (SSSR count). The van der Waals surface area contributed by atoms with E-state index in [9.17, 15) is 28.2 Å². The highest BCUT2D eigenvalue weighted by atomic mass is 32.2. The van der Waals surface area contributed by atoms with Crippen molar-refractivity contribution in [2.45, 2.75) is 37.5 Å². The van der Waals surface area contributed by atoms with Crippen LogP contribution in [0.25, 0.3) is 11.3 Å². The molecule has 2 N–H and O–H groups in total. The first-order valence-corrected chi connectivity index (χ1v) is 15.5. The summed E-state index contributed by atoms with van der Waals surface area (Å²) in [4.78, 5) is 33.5. The van der Waals surface area contributed by atoms with Crippen molar-refractivity contribution in [2.75, 3.05) is 39.0 Å². The normalized spacial score (nSPS) is 22.0. The van der Waals surface area contributed by atoms with Gasteiger partial charge in [-0.15, -0.1) is 0 Å². The molecule has 0 saturated carbocycles. The molecule has 3 aromatic rings. The average molecular weight is 582 g/mol. The molecule has 2 aliphatic heterocycles. The third-order valence-electron chi connectivity index (χ3n) is 7.87. The summed E-state index contributed by atoms with van der Waals surface area (Å²) in [7, 11) is -3.48. The topological polar surface area (TPSA) is 136 Å². The van der Waals surface area contributed by atoms with E-state index in [-0.39, 0.29) is 44.3 Å². The lowest BCUT2D eigenvalue weighted by Gasteiger charge is -2.40. The van der Waals surface area contributed by atoms with Crippen LogP contribution in [0.5, 0.6) is 0 Å². The van der Waals surface area contributed by atoms with Crippen molar-refractivity contribution in [3.05, 3.63) is 78.2 Å². The first-order valence-electron chi connectivity index (χ1n) is 13.6. The molecule has 2 amide bonds. The molecule has 12 heteroatoms. The summed E-state index contributed by atoms with van der Waals surface area (Å²) in [5.41, 5.74) is 1.12. The number of aliphatic hydroxyl groups is 1. The zero-order chi connectivity index (χ0) is 29.2. The van der Waals surface area contributed by atoms with Crippen LogP contribution in [0.15, 0.2) is 67.0 Å². The molecule has 2 aromatic carbocycles. The van der Waals surface area contributed by atoms with E-state index in [1.165, 1.54) is 15.5 Å². The number of sulfonamides is 1. The second kappa shape index (κ2) is 11.6. The summed E-state index contributed by atoms with van der Waals surface area (Å²) >= 11 is 0. The van der Waals surface area contributed by atoms with E-state index in [0.717, 1.165) is 17.4 Å². The quantitative estimate of drug-likeness (QED) is 0.437. The fourth-order valence-corrected chi connectivity index (χ4v) is 6.79. The van der Waals surface area contributed by atoms with Gasteiger partial charge in [-0.25, -0.2) is 18.2 Å². The van der Waals surface area contributed by atoms with Gasteiger partial charge in [0.25, 0.3) is 5.91 Å². The Balaban J connectivity index is 1.49. The molecule has 0 radical (unpaired) electrons. The van der Waals surface area contributed by atoms with Crippen LogP contribution in [0.2, 0.25) is 0 Å². The Morgan fingerprint density at radius 3 is 2.37 bits per heavy atom. The summed E-state index contributed by atoms with van der Waals surface area (Å²) in [5.74, 6) is -0.318. The highest BCUT2D eigenvalue weighted by Crippen LogP contribution is 2.31. The molecule has 0 aliphatic carbocycles. The lowest BCUT2D eigenvalue weighted by atomic mass is 9.93. The maximum Gasteiger partial charge on any atom is 0.407 e. The molecule has 2 aliphatic rings. The van der Waals surface area contributed by atoms with Crippen molar-refractivity contribution < 1.29 is 28.2 Å². The van der Waals surface area contributed by atoms with Crippen LogP contribution >= 0.6 is 0 Å². The number of aromatic nitrogens is 2. The predicted octanol–water partition coefficient (Wildman–Crippen LogP) is 2.38. The first kappa shape index (κ1) is 28.8. The number of nitrogens with zero attached hydrogens (tertiary/aromatic N) is 5. The molecular weight excluding hydrogens is 546 g/mol. The number of β-amino-alcohol motifs (C(OH)–C–C–N with tert-alkyl or cyclic N) is 1. The van der Waals surface area contributed by atoms with Gasteiger partial charge in [0, 0.05) is 38.3 Å². The maximum absolute atomic E-state index is 14.2. The predicted molar refractivity (Wildman–Crippen MR) is 153 cm³/mol. The minimum absolute atomic E-state index is 0.0438. The van der Waals surface area contributed by atoms with Crippen LogP contribution in [0.1, 0.15) is 28.9 Å². The lowest BCUT2D eigenvalue weighted by molar-refractivity contribution is -0.0214. The van der Waals surface area contributed by atoms with Gasteiger partial charge in [0.05, 0.1) is 36.5 Å². The number of carboxylic acid groups (broad SMARTS) is 1. The smallest absolute Gasteiger partial charge is 0.407 e. The Hall–Kier alpha value is -3.74. The van der Waals surface area contributed by atoms with Crippen LogP contribution in [0.4, 0.5) is 4.79 Å². The minimum atomic E-state index is -3.48. The summed E-state index contributed by atoms with van der Waals surface area (Å²) < 4.78 is 27.5. The Bertz CT molecular complexity index is 1500. The van der Waals surface area contributed by atoms with Crippen molar-refractivity contribution in [3.8, 4) is 11.3 Å². The van der Waals surface area contributed by atoms with Crippen molar-refractivity contribution >= 4 is 22.0 Å². The first-order chi connectivity index (χ1) is 19.5. The van der Waals surface area contributed by atoms with Gasteiger partial charge in [-0.3, -0.25) is 4.79 Å². The fourth-order valence-electron chi connectivity index (χ4n) is 5.85. The molecule has 41 heavy (non-hydrogen) atoms. The second-order valence-electron chi connectivity index (χ2n) is 10.9. The van der Waals surface area contributed by atoms with E-state index in [1.807, 2.05) is 60.7 Å². The highest BCUT2D eigenvalue weighted by molar-refractivity contribution is 7.88. The van der Waals surface area contributed by atoms with Crippen LogP contribution in [0.3, 0.4) is 0 Å². The molecule has 1 aromatic heterocycles. The Morgan fingerprint density at radius 2 is 1.71 bits per heavy atom. The molecule has 2 saturated heterocycles.